The van der Waals surface area contributed by atoms with Crippen LogP contribution in [0.15, 0.2) is 12.7 Å². The van der Waals surface area contributed by atoms with Crippen molar-refractivity contribution in [3.63, 3.8) is 0 Å². The van der Waals surface area contributed by atoms with Crippen molar-refractivity contribution in [1.82, 2.24) is 0 Å². The van der Waals surface area contributed by atoms with Crippen molar-refractivity contribution < 1.29 is 29.8 Å². The summed E-state index contributed by atoms with van der Waals surface area (Å²) in [6.45, 7) is 4.01. The Kier molecular flexibility index (Phi) is 13.1. The Morgan fingerprint density at radius 2 is 2.43 bits per heavy atom. The van der Waals surface area contributed by atoms with E-state index >= 15 is 0 Å². The third-order valence-electron chi connectivity index (χ3n) is 0.282. The average molecular weight is 94.0 g/mol. The van der Waals surface area contributed by atoms with Crippen molar-refractivity contribution >= 4 is 6.47 Å². The molecule has 0 unspecified atom stereocenters. The fourth-order valence-corrected chi connectivity index (χ4v) is 0.107. The van der Waals surface area contributed by atoms with Gasteiger partial charge in [0.15, 0.2) is 0 Å². The first-order valence-corrected chi connectivity index (χ1v) is 1.58. The van der Waals surface area contributed by atoms with Gasteiger partial charge in [-0.2, -0.15) is 0 Å². The van der Waals surface area contributed by atoms with E-state index in [4.69, 9.17) is 0 Å². The van der Waals surface area contributed by atoms with Gasteiger partial charge in [-0.3, -0.25) is 4.79 Å². The molecule has 0 N–H and O–H groups in total. The minimum atomic E-state index is 0. The molecule has 0 heterocycles. The molecule has 0 aromatic carbocycles. The van der Waals surface area contributed by atoms with Gasteiger partial charge in [0.25, 0.3) is 6.47 Å². The van der Waals surface area contributed by atoms with Crippen molar-refractivity contribution in [2.45, 2.75) is 0 Å². The number of carbonyl (C=O) groups is 1. The summed E-state index contributed by atoms with van der Waals surface area (Å²) < 4.78 is 4.18. The molecule has 0 aliphatic rings. The van der Waals surface area contributed by atoms with Gasteiger partial charge in [0.2, 0.25) is 0 Å². The number of rotatable bonds is 3. The normalized spacial score (nSPS) is 5.71. The van der Waals surface area contributed by atoms with E-state index in [-0.39, 0.29) is 20.3 Å². The quantitative estimate of drug-likeness (QED) is 0.167. The Labute approximate surface area is 56.2 Å². The van der Waals surface area contributed by atoms with Crippen molar-refractivity contribution in [1.29, 1.82) is 0 Å². The van der Waals surface area contributed by atoms with Crippen LogP contribution in [0.25, 0.3) is 0 Å². The van der Waals surface area contributed by atoms with E-state index < -0.39 is 0 Å². The number of hydrogen-bond acceptors (Lipinski definition) is 2. The summed E-state index contributed by atoms with van der Waals surface area (Å²) in [7, 11) is 0. The number of carbonyl (C=O) groups excluding carboxylic acids is 1. The van der Waals surface area contributed by atoms with Gasteiger partial charge < -0.3 is 6.16 Å². The molecule has 0 amide bonds. The topological polar surface area (TPSA) is 26.3 Å². The smallest absolute Gasteiger partial charge is 1.00 e. The molecule has 0 atom stereocenters. The monoisotopic (exact) mass is 94.1 g/mol. The summed E-state index contributed by atoms with van der Waals surface area (Å²) in [6, 6.07) is 0. The molecule has 0 aromatic heterocycles. The minimum absolute atomic E-state index is 0. The second kappa shape index (κ2) is 9.26. The molecule has 0 radical (unpaired) electrons. The molecule has 0 aliphatic heterocycles. The van der Waals surface area contributed by atoms with Crippen LogP contribution in [0.4, 0.5) is 0 Å². The Hall–Kier alpha value is -0.193. The van der Waals surface area contributed by atoms with Crippen molar-refractivity contribution in [2.24, 2.45) is 0 Å². The van der Waals surface area contributed by atoms with Crippen LogP contribution in [-0.2, 0) is 9.53 Å². The summed E-state index contributed by atoms with van der Waals surface area (Å²) in [5.74, 6) is 0. The van der Waals surface area contributed by atoms with Gasteiger partial charge in [-0.15, -0.1) is 0 Å². The predicted molar refractivity (Wildman–Crippen MR) is 23.3 cm³/mol. The van der Waals surface area contributed by atoms with Crippen LogP contribution in [-0.4, -0.2) is 13.1 Å². The number of ether oxygens (including phenoxy) is 1. The van der Waals surface area contributed by atoms with Crippen LogP contribution < -0.4 is 18.9 Å². The molecule has 0 fully saturated rings. The maximum Gasteiger partial charge on any atom is 1.00 e. The summed E-state index contributed by atoms with van der Waals surface area (Å²) in [5.41, 5.74) is 0. The Morgan fingerprint density at radius 1 is 1.86 bits per heavy atom. The maximum absolute atomic E-state index is 9.29. The molecule has 0 aliphatic carbocycles. The molecule has 2 nitrogen and oxygen atoms in total. The molecule has 0 saturated heterocycles. The fraction of sp³-hybridized carbons (Fsp3) is 0.250. The predicted octanol–water partition coefficient (Wildman–Crippen LogP) is -2.54. The molecule has 3 heteroatoms. The first-order valence-electron chi connectivity index (χ1n) is 1.58. The third kappa shape index (κ3) is 10.7. The molecule has 7 heavy (non-hydrogen) atoms. The van der Waals surface area contributed by atoms with Gasteiger partial charge in [-0.05, 0) is 0 Å². The zero-order valence-electron chi connectivity index (χ0n) is 5.39. The van der Waals surface area contributed by atoms with Gasteiger partial charge >= 0.3 is 18.9 Å². The Bertz CT molecular complexity index is 50.0. The van der Waals surface area contributed by atoms with Crippen molar-refractivity contribution in [3.05, 3.63) is 12.7 Å². The summed E-state index contributed by atoms with van der Waals surface area (Å²) in [4.78, 5) is 9.29. The van der Waals surface area contributed by atoms with E-state index in [0.29, 0.717) is 13.1 Å². The molecule has 0 rings (SSSR count). The third-order valence-corrected chi connectivity index (χ3v) is 0.282. The van der Waals surface area contributed by atoms with Crippen LogP contribution in [0.5, 0.6) is 0 Å². The van der Waals surface area contributed by atoms with E-state index in [2.05, 4.69) is 11.3 Å². The maximum atomic E-state index is 9.29. The Balaban J connectivity index is -0.000000125. The SMILES string of the molecule is C=CCOC=O.[H-].[Li+]. The van der Waals surface area contributed by atoms with Crippen LogP contribution >= 0.6 is 0 Å². The second-order valence-electron chi connectivity index (χ2n) is 0.718. The van der Waals surface area contributed by atoms with Crippen LogP contribution in [0.2, 0.25) is 0 Å². The molecule has 0 aromatic rings. The van der Waals surface area contributed by atoms with Crippen LogP contribution in [0.1, 0.15) is 1.43 Å². The van der Waals surface area contributed by atoms with Gasteiger partial charge in [-0.1, -0.05) is 12.7 Å². The summed E-state index contributed by atoms with van der Waals surface area (Å²) >= 11 is 0. The molecule has 0 saturated carbocycles. The molecular weight excluding hydrogens is 87.0 g/mol. The molecule has 0 spiro atoms. The van der Waals surface area contributed by atoms with Gasteiger partial charge in [0, 0.05) is 0 Å². The Morgan fingerprint density at radius 3 is 2.57 bits per heavy atom. The minimum Gasteiger partial charge on any atom is -1.00 e. The van der Waals surface area contributed by atoms with Crippen LogP contribution in [0, 0.1) is 0 Å². The molecule has 0 bridgehead atoms. The zero-order valence-corrected chi connectivity index (χ0v) is 4.39. The van der Waals surface area contributed by atoms with Gasteiger partial charge in [0.05, 0.1) is 0 Å². The van der Waals surface area contributed by atoms with Crippen LogP contribution in [0.3, 0.4) is 0 Å². The van der Waals surface area contributed by atoms with Crippen molar-refractivity contribution in [2.75, 3.05) is 6.61 Å². The van der Waals surface area contributed by atoms with Gasteiger partial charge in [-0.25, -0.2) is 0 Å². The molecule has 36 valence electrons. The average Bonchev–Trinajstić information content (AvgIpc) is 1.61. The van der Waals surface area contributed by atoms with E-state index in [9.17, 15) is 4.79 Å². The number of hydrogen-bond donors (Lipinski definition) is 0. The largest absolute Gasteiger partial charge is 1.00 e. The fourth-order valence-electron chi connectivity index (χ4n) is 0.107. The van der Waals surface area contributed by atoms with E-state index in [1.165, 1.54) is 6.08 Å². The standard InChI is InChI=1S/C4H6O2.Li.H/c1-2-3-6-4-5;;/h2,4H,1,3H2;;/q;+1;-1. The van der Waals surface area contributed by atoms with E-state index in [1.807, 2.05) is 0 Å². The van der Waals surface area contributed by atoms with Crippen molar-refractivity contribution in [3.8, 4) is 0 Å². The van der Waals surface area contributed by atoms with E-state index in [0.717, 1.165) is 0 Å². The molecular formula is C4H7LiO2. The first-order chi connectivity index (χ1) is 2.91. The summed E-state index contributed by atoms with van der Waals surface area (Å²) in [6.07, 6.45) is 1.51. The second-order valence-corrected chi connectivity index (χ2v) is 0.718. The zero-order chi connectivity index (χ0) is 4.83. The van der Waals surface area contributed by atoms with E-state index in [1.54, 1.807) is 0 Å². The first kappa shape index (κ1) is 9.93. The summed E-state index contributed by atoms with van der Waals surface area (Å²) in [5, 5.41) is 0. The van der Waals surface area contributed by atoms with Gasteiger partial charge in [0.1, 0.15) is 6.61 Å².